The van der Waals surface area contributed by atoms with Crippen molar-refractivity contribution in [1.82, 2.24) is 4.98 Å². The van der Waals surface area contributed by atoms with Gasteiger partial charge in [0.15, 0.2) is 11.5 Å². The number of benzene rings is 1. The number of pyridine rings is 1. The Kier molecular flexibility index (Phi) is 5.22. The highest BCUT2D eigenvalue weighted by Gasteiger charge is 2.09. The molecule has 0 atom stereocenters. The third-order valence-electron chi connectivity index (χ3n) is 2.29. The molecule has 1 aromatic carbocycles. The lowest BCUT2D eigenvalue weighted by molar-refractivity contribution is 0.300. The molecular formula is C14H13Br2NO2. The SMILES string of the molecule is CCCOc1ccccc1Oc1ncc(Br)cc1Br. The summed E-state index contributed by atoms with van der Waals surface area (Å²) in [6, 6.07) is 9.46. The van der Waals surface area contributed by atoms with E-state index >= 15 is 0 Å². The molecule has 0 unspecified atom stereocenters. The van der Waals surface area contributed by atoms with Gasteiger partial charge in [-0.05, 0) is 56.5 Å². The Bertz CT molecular complexity index is 561. The van der Waals surface area contributed by atoms with Crippen molar-refractivity contribution in [1.29, 1.82) is 0 Å². The molecule has 0 bridgehead atoms. The normalized spacial score (nSPS) is 10.3. The van der Waals surface area contributed by atoms with Crippen molar-refractivity contribution in [3.05, 3.63) is 45.5 Å². The number of hydrogen-bond acceptors (Lipinski definition) is 3. The van der Waals surface area contributed by atoms with Gasteiger partial charge in [-0.3, -0.25) is 0 Å². The molecule has 0 aliphatic carbocycles. The summed E-state index contributed by atoms with van der Waals surface area (Å²) in [6.45, 7) is 2.73. The Morgan fingerprint density at radius 2 is 1.89 bits per heavy atom. The Balaban J connectivity index is 2.22. The molecule has 19 heavy (non-hydrogen) atoms. The Hall–Kier alpha value is -1.07. The second kappa shape index (κ2) is 6.91. The maximum absolute atomic E-state index is 5.79. The summed E-state index contributed by atoms with van der Waals surface area (Å²) in [4.78, 5) is 4.22. The van der Waals surface area contributed by atoms with Crippen LogP contribution in [0.15, 0.2) is 45.5 Å². The topological polar surface area (TPSA) is 31.4 Å². The molecule has 3 nitrogen and oxygen atoms in total. The highest BCUT2D eigenvalue weighted by molar-refractivity contribution is 9.11. The van der Waals surface area contributed by atoms with Crippen LogP contribution in [0, 0.1) is 0 Å². The Morgan fingerprint density at radius 3 is 2.58 bits per heavy atom. The molecule has 2 rings (SSSR count). The van der Waals surface area contributed by atoms with Gasteiger partial charge < -0.3 is 9.47 Å². The summed E-state index contributed by atoms with van der Waals surface area (Å²) in [5.41, 5.74) is 0. The smallest absolute Gasteiger partial charge is 0.233 e. The van der Waals surface area contributed by atoms with Crippen molar-refractivity contribution in [2.24, 2.45) is 0 Å². The molecule has 1 aromatic heterocycles. The van der Waals surface area contributed by atoms with E-state index in [1.807, 2.05) is 30.3 Å². The second-order valence-electron chi connectivity index (χ2n) is 3.84. The molecule has 0 fully saturated rings. The molecule has 0 spiro atoms. The lowest BCUT2D eigenvalue weighted by atomic mass is 10.3. The van der Waals surface area contributed by atoms with Crippen molar-refractivity contribution >= 4 is 31.9 Å². The first-order chi connectivity index (χ1) is 9.20. The van der Waals surface area contributed by atoms with E-state index in [0.717, 1.165) is 21.1 Å². The molecule has 1 heterocycles. The number of ether oxygens (including phenoxy) is 2. The monoisotopic (exact) mass is 385 g/mol. The summed E-state index contributed by atoms with van der Waals surface area (Å²) in [6.07, 6.45) is 2.64. The molecule has 0 amide bonds. The third-order valence-corrected chi connectivity index (χ3v) is 3.29. The fraction of sp³-hybridized carbons (Fsp3) is 0.214. The lowest BCUT2D eigenvalue weighted by Crippen LogP contribution is -1.98. The number of nitrogens with zero attached hydrogens (tertiary/aromatic N) is 1. The molecule has 0 radical (unpaired) electrons. The van der Waals surface area contributed by atoms with Crippen LogP contribution < -0.4 is 9.47 Å². The van der Waals surface area contributed by atoms with Crippen molar-refractivity contribution in [3.63, 3.8) is 0 Å². The molecule has 2 aromatic rings. The zero-order valence-corrected chi connectivity index (χ0v) is 13.6. The van der Waals surface area contributed by atoms with Crippen LogP contribution in [0.2, 0.25) is 0 Å². The minimum absolute atomic E-state index is 0.510. The average molecular weight is 387 g/mol. The van der Waals surface area contributed by atoms with Crippen molar-refractivity contribution < 1.29 is 9.47 Å². The van der Waals surface area contributed by atoms with E-state index < -0.39 is 0 Å². The molecule has 0 aliphatic heterocycles. The van der Waals surface area contributed by atoms with Gasteiger partial charge >= 0.3 is 0 Å². The number of halogens is 2. The maximum atomic E-state index is 5.79. The van der Waals surface area contributed by atoms with Crippen LogP contribution >= 0.6 is 31.9 Å². The summed E-state index contributed by atoms with van der Waals surface area (Å²) < 4.78 is 13.1. The number of hydrogen-bond donors (Lipinski definition) is 0. The van der Waals surface area contributed by atoms with Gasteiger partial charge in [0.1, 0.15) is 0 Å². The Labute approximate surface area is 129 Å². The first-order valence-corrected chi connectivity index (χ1v) is 7.50. The van der Waals surface area contributed by atoms with E-state index in [1.54, 1.807) is 6.20 Å². The van der Waals surface area contributed by atoms with Crippen molar-refractivity contribution in [2.45, 2.75) is 13.3 Å². The number of aromatic nitrogens is 1. The maximum Gasteiger partial charge on any atom is 0.233 e. The zero-order chi connectivity index (χ0) is 13.7. The summed E-state index contributed by atoms with van der Waals surface area (Å²) >= 11 is 6.78. The Morgan fingerprint density at radius 1 is 1.16 bits per heavy atom. The van der Waals surface area contributed by atoms with Crippen LogP contribution in [0.5, 0.6) is 17.4 Å². The van der Waals surface area contributed by atoms with Gasteiger partial charge in [0.25, 0.3) is 0 Å². The van der Waals surface area contributed by atoms with E-state index in [-0.39, 0.29) is 0 Å². The number of rotatable bonds is 5. The van der Waals surface area contributed by atoms with Crippen LogP contribution in [0.25, 0.3) is 0 Å². The first-order valence-electron chi connectivity index (χ1n) is 5.91. The second-order valence-corrected chi connectivity index (χ2v) is 5.61. The van der Waals surface area contributed by atoms with E-state index in [2.05, 4.69) is 43.8 Å². The van der Waals surface area contributed by atoms with Crippen molar-refractivity contribution in [3.8, 4) is 17.4 Å². The van der Waals surface area contributed by atoms with Gasteiger partial charge in [0, 0.05) is 10.7 Å². The van der Waals surface area contributed by atoms with Crippen LogP contribution in [0.4, 0.5) is 0 Å². The fourth-order valence-corrected chi connectivity index (χ4v) is 2.52. The van der Waals surface area contributed by atoms with E-state index in [4.69, 9.17) is 9.47 Å². The van der Waals surface area contributed by atoms with E-state index in [0.29, 0.717) is 18.2 Å². The standard InChI is InChI=1S/C14H13Br2NO2/c1-2-7-18-12-5-3-4-6-13(12)19-14-11(16)8-10(15)9-17-14/h3-6,8-9H,2,7H2,1H3. The van der Waals surface area contributed by atoms with Gasteiger partial charge in [0.05, 0.1) is 11.1 Å². The summed E-state index contributed by atoms with van der Waals surface area (Å²) in [5, 5.41) is 0. The van der Waals surface area contributed by atoms with Crippen LogP contribution in [0.3, 0.4) is 0 Å². The minimum atomic E-state index is 0.510. The van der Waals surface area contributed by atoms with Gasteiger partial charge in [-0.2, -0.15) is 0 Å². The quantitative estimate of drug-likeness (QED) is 0.708. The predicted molar refractivity (Wildman–Crippen MR) is 81.9 cm³/mol. The molecular weight excluding hydrogens is 374 g/mol. The molecule has 0 N–H and O–H groups in total. The summed E-state index contributed by atoms with van der Waals surface area (Å²) in [5.74, 6) is 1.89. The van der Waals surface area contributed by atoms with Crippen LogP contribution in [0.1, 0.15) is 13.3 Å². The van der Waals surface area contributed by atoms with Gasteiger partial charge in [0.2, 0.25) is 5.88 Å². The molecule has 5 heteroatoms. The van der Waals surface area contributed by atoms with E-state index in [9.17, 15) is 0 Å². The fourth-order valence-electron chi connectivity index (χ4n) is 1.45. The minimum Gasteiger partial charge on any atom is -0.490 e. The molecule has 0 saturated carbocycles. The lowest BCUT2D eigenvalue weighted by Gasteiger charge is -2.12. The highest BCUT2D eigenvalue weighted by atomic mass is 79.9. The first kappa shape index (κ1) is 14.3. The van der Waals surface area contributed by atoms with Gasteiger partial charge in [-0.15, -0.1) is 0 Å². The van der Waals surface area contributed by atoms with Crippen LogP contribution in [-0.2, 0) is 0 Å². The average Bonchev–Trinajstić information content (AvgIpc) is 2.41. The van der Waals surface area contributed by atoms with E-state index in [1.165, 1.54) is 0 Å². The molecule has 0 aliphatic rings. The highest BCUT2D eigenvalue weighted by Crippen LogP contribution is 2.34. The van der Waals surface area contributed by atoms with Gasteiger partial charge in [-0.1, -0.05) is 19.1 Å². The zero-order valence-electron chi connectivity index (χ0n) is 10.4. The predicted octanol–water partition coefficient (Wildman–Crippen LogP) is 5.19. The largest absolute Gasteiger partial charge is 0.490 e. The summed E-state index contributed by atoms with van der Waals surface area (Å²) in [7, 11) is 0. The third kappa shape index (κ3) is 3.94. The molecule has 100 valence electrons. The van der Waals surface area contributed by atoms with Gasteiger partial charge in [-0.25, -0.2) is 4.98 Å². The number of para-hydroxylation sites is 2. The van der Waals surface area contributed by atoms with Crippen LogP contribution in [-0.4, -0.2) is 11.6 Å². The van der Waals surface area contributed by atoms with Crippen molar-refractivity contribution in [2.75, 3.05) is 6.61 Å². The molecule has 0 saturated heterocycles.